The second-order valence-electron chi connectivity index (χ2n) is 5.32. The van der Waals surface area contributed by atoms with Crippen molar-refractivity contribution in [3.63, 3.8) is 0 Å². The van der Waals surface area contributed by atoms with Gasteiger partial charge in [0.1, 0.15) is 0 Å². The molecule has 0 N–H and O–H groups in total. The molecule has 0 heterocycles. The predicted molar refractivity (Wildman–Crippen MR) is 80.6 cm³/mol. The van der Waals surface area contributed by atoms with Crippen molar-refractivity contribution in [2.45, 2.75) is 43.4 Å². The Kier molecular flexibility index (Phi) is 5.44. The molecule has 1 atom stereocenters. The molecule has 1 aromatic carbocycles. The summed E-state index contributed by atoms with van der Waals surface area (Å²) in [6.45, 7) is 0. The largest absolute Gasteiger partial charge is 0.465 e. The average Bonchev–Trinajstić information content (AvgIpc) is 2.47. The highest BCUT2D eigenvalue weighted by molar-refractivity contribution is 9.09. The van der Waals surface area contributed by atoms with Crippen LogP contribution in [-0.4, -0.2) is 13.1 Å². The molecule has 0 saturated heterocycles. The summed E-state index contributed by atoms with van der Waals surface area (Å²) in [6.07, 6.45) is 8.08. The van der Waals surface area contributed by atoms with Crippen LogP contribution in [0.2, 0.25) is 0 Å². The maximum absolute atomic E-state index is 11.4. The van der Waals surface area contributed by atoms with Crippen molar-refractivity contribution in [2.24, 2.45) is 5.92 Å². The molecule has 2 rings (SSSR count). The quantitative estimate of drug-likeness (QED) is 0.582. The fraction of sp³-hybridized carbons (Fsp3) is 0.562. The number of halogens is 1. The number of carbonyl (C=O) groups is 1. The van der Waals surface area contributed by atoms with Crippen LogP contribution in [0.3, 0.4) is 0 Å². The molecular weight excluding hydrogens is 304 g/mol. The third kappa shape index (κ3) is 4.07. The molecule has 1 fully saturated rings. The van der Waals surface area contributed by atoms with Crippen molar-refractivity contribution in [2.75, 3.05) is 7.11 Å². The summed E-state index contributed by atoms with van der Waals surface area (Å²) < 4.78 is 4.71. The van der Waals surface area contributed by atoms with E-state index in [1.807, 2.05) is 24.3 Å². The van der Waals surface area contributed by atoms with Gasteiger partial charge in [0.15, 0.2) is 0 Å². The van der Waals surface area contributed by atoms with E-state index in [1.165, 1.54) is 51.2 Å². The van der Waals surface area contributed by atoms with Crippen LogP contribution >= 0.6 is 15.9 Å². The Balaban J connectivity index is 1.94. The standard InChI is InChI=1S/C16H21BrO2/c1-19-16(18)14-9-7-13(8-10-14)15(17)11-12-5-3-2-4-6-12/h7-10,12,15H,2-6,11H2,1H3. The Labute approximate surface area is 123 Å². The van der Waals surface area contributed by atoms with Gasteiger partial charge in [0, 0.05) is 4.83 Å². The fourth-order valence-electron chi connectivity index (χ4n) is 2.80. The molecule has 0 spiro atoms. The zero-order chi connectivity index (χ0) is 13.7. The van der Waals surface area contributed by atoms with Gasteiger partial charge in [-0.3, -0.25) is 0 Å². The van der Waals surface area contributed by atoms with Gasteiger partial charge < -0.3 is 4.74 Å². The first kappa shape index (κ1) is 14.6. The lowest BCUT2D eigenvalue weighted by atomic mass is 9.85. The van der Waals surface area contributed by atoms with Crippen LogP contribution in [0.1, 0.15) is 59.3 Å². The molecule has 1 unspecified atom stereocenters. The number of esters is 1. The lowest BCUT2D eigenvalue weighted by molar-refractivity contribution is 0.0600. The summed E-state index contributed by atoms with van der Waals surface area (Å²) in [4.78, 5) is 11.8. The topological polar surface area (TPSA) is 26.3 Å². The molecule has 104 valence electrons. The van der Waals surface area contributed by atoms with Crippen LogP contribution in [0.15, 0.2) is 24.3 Å². The molecule has 1 aliphatic rings. The predicted octanol–water partition coefficient (Wildman–Crippen LogP) is 4.88. The molecule has 0 aromatic heterocycles. The van der Waals surface area contributed by atoms with E-state index in [-0.39, 0.29) is 5.97 Å². The summed E-state index contributed by atoms with van der Waals surface area (Å²) in [6, 6.07) is 7.73. The van der Waals surface area contributed by atoms with E-state index in [2.05, 4.69) is 15.9 Å². The summed E-state index contributed by atoms with van der Waals surface area (Å²) in [5, 5.41) is 0. The number of benzene rings is 1. The molecule has 2 nitrogen and oxygen atoms in total. The first-order valence-electron chi connectivity index (χ1n) is 7.03. The highest BCUT2D eigenvalue weighted by atomic mass is 79.9. The monoisotopic (exact) mass is 324 g/mol. The van der Waals surface area contributed by atoms with Gasteiger partial charge in [0.05, 0.1) is 12.7 Å². The van der Waals surface area contributed by atoms with Gasteiger partial charge in [0.25, 0.3) is 0 Å². The van der Waals surface area contributed by atoms with Crippen molar-refractivity contribution < 1.29 is 9.53 Å². The van der Waals surface area contributed by atoms with Gasteiger partial charge in [-0.15, -0.1) is 0 Å². The number of hydrogen-bond acceptors (Lipinski definition) is 2. The lowest BCUT2D eigenvalue weighted by Crippen LogP contribution is -2.09. The second kappa shape index (κ2) is 7.09. The van der Waals surface area contributed by atoms with Gasteiger partial charge in [-0.25, -0.2) is 4.79 Å². The average molecular weight is 325 g/mol. The number of methoxy groups -OCH3 is 1. The zero-order valence-electron chi connectivity index (χ0n) is 11.4. The van der Waals surface area contributed by atoms with Crippen molar-refractivity contribution in [3.05, 3.63) is 35.4 Å². The van der Waals surface area contributed by atoms with Crippen LogP contribution in [-0.2, 0) is 4.74 Å². The normalized spacial score (nSPS) is 18.0. The van der Waals surface area contributed by atoms with Gasteiger partial charge in [-0.2, -0.15) is 0 Å². The smallest absolute Gasteiger partial charge is 0.337 e. The highest BCUT2D eigenvalue weighted by Gasteiger charge is 2.18. The first-order chi connectivity index (χ1) is 9.20. The summed E-state index contributed by atoms with van der Waals surface area (Å²) in [5.74, 6) is 0.573. The number of alkyl halides is 1. The molecule has 0 amide bonds. The number of hydrogen-bond donors (Lipinski definition) is 0. The van der Waals surface area contributed by atoms with Crippen molar-refractivity contribution in [3.8, 4) is 0 Å². The van der Waals surface area contributed by atoms with Gasteiger partial charge in [-0.1, -0.05) is 60.2 Å². The van der Waals surface area contributed by atoms with E-state index in [4.69, 9.17) is 4.74 Å². The molecule has 0 aliphatic heterocycles. The van der Waals surface area contributed by atoms with Gasteiger partial charge >= 0.3 is 5.97 Å². The molecule has 0 radical (unpaired) electrons. The maximum atomic E-state index is 11.4. The maximum Gasteiger partial charge on any atom is 0.337 e. The molecule has 1 saturated carbocycles. The molecular formula is C16H21BrO2. The fourth-order valence-corrected chi connectivity index (χ4v) is 3.63. The highest BCUT2D eigenvalue weighted by Crippen LogP contribution is 2.36. The van der Waals surface area contributed by atoms with Crippen LogP contribution in [0.5, 0.6) is 0 Å². The van der Waals surface area contributed by atoms with Crippen molar-refractivity contribution in [1.82, 2.24) is 0 Å². The Morgan fingerprint density at radius 2 is 1.89 bits per heavy atom. The SMILES string of the molecule is COC(=O)c1ccc(C(Br)CC2CCCCC2)cc1. The summed E-state index contributed by atoms with van der Waals surface area (Å²) in [5.41, 5.74) is 1.86. The number of rotatable bonds is 4. The minimum atomic E-state index is -0.273. The minimum Gasteiger partial charge on any atom is -0.465 e. The van der Waals surface area contributed by atoms with Gasteiger partial charge in [0.2, 0.25) is 0 Å². The minimum absolute atomic E-state index is 0.273. The molecule has 1 aromatic rings. The van der Waals surface area contributed by atoms with Crippen LogP contribution < -0.4 is 0 Å². The Morgan fingerprint density at radius 3 is 2.47 bits per heavy atom. The molecule has 19 heavy (non-hydrogen) atoms. The molecule has 1 aliphatic carbocycles. The van der Waals surface area contributed by atoms with Gasteiger partial charge in [-0.05, 0) is 30.0 Å². The third-order valence-corrected chi connectivity index (χ3v) is 4.86. The Bertz CT molecular complexity index is 407. The summed E-state index contributed by atoms with van der Waals surface area (Å²) in [7, 11) is 1.41. The molecule has 3 heteroatoms. The zero-order valence-corrected chi connectivity index (χ0v) is 13.0. The Morgan fingerprint density at radius 1 is 1.26 bits per heavy atom. The van der Waals surface area contributed by atoms with E-state index >= 15 is 0 Å². The lowest BCUT2D eigenvalue weighted by Gasteiger charge is -2.24. The Hall–Kier alpha value is -0.830. The van der Waals surface area contributed by atoms with E-state index in [0.29, 0.717) is 10.4 Å². The van der Waals surface area contributed by atoms with Crippen LogP contribution in [0.4, 0.5) is 0 Å². The van der Waals surface area contributed by atoms with E-state index in [9.17, 15) is 4.79 Å². The van der Waals surface area contributed by atoms with Crippen LogP contribution in [0.25, 0.3) is 0 Å². The van der Waals surface area contributed by atoms with Crippen molar-refractivity contribution >= 4 is 21.9 Å². The molecule has 0 bridgehead atoms. The van der Waals surface area contributed by atoms with Crippen molar-refractivity contribution in [1.29, 1.82) is 0 Å². The number of carbonyl (C=O) groups excluding carboxylic acids is 1. The van der Waals surface area contributed by atoms with E-state index in [1.54, 1.807) is 0 Å². The van der Waals surface area contributed by atoms with Crippen LogP contribution in [0, 0.1) is 5.92 Å². The number of ether oxygens (including phenoxy) is 1. The first-order valence-corrected chi connectivity index (χ1v) is 7.94. The van der Waals surface area contributed by atoms with E-state index < -0.39 is 0 Å². The summed E-state index contributed by atoms with van der Waals surface area (Å²) >= 11 is 3.78. The third-order valence-electron chi connectivity index (χ3n) is 3.96. The van der Waals surface area contributed by atoms with E-state index in [0.717, 1.165) is 5.92 Å². The second-order valence-corrected chi connectivity index (χ2v) is 6.43.